The van der Waals surface area contributed by atoms with E-state index in [2.05, 4.69) is 215 Å². The SMILES string of the molecule is CC(C)(C)c1ccc(N(c2ccc(-c3ccccc3)c(F)c2)c2ccc3c(c2)Cc2ccc4ccccc4c2-c2c(ccc4ccccc24)Cc2cc(N(c4ccc(C(C)(C)C)cc4)c4ccc(-c5ccccc5)c(F)c4)c4c(oc5ccccc54)c2-3)cc1. The monoisotopic (exact) mass is 1160 g/mol. The first-order valence-corrected chi connectivity index (χ1v) is 30.9. The Labute approximate surface area is 519 Å². The quantitative estimate of drug-likeness (QED) is 0.151. The molecule has 0 spiro atoms. The number of hydrogen-bond acceptors (Lipinski definition) is 3. The summed E-state index contributed by atoms with van der Waals surface area (Å²) in [6.07, 6.45) is 1.07. The summed E-state index contributed by atoms with van der Waals surface area (Å²) < 4.78 is 41.6. The van der Waals surface area contributed by atoms with Crippen LogP contribution in [0.25, 0.3) is 88.0 Å². The fraction of sp³-hybridized carbons (Fsp3) is 0.119. The second-order valence-electron chi connectivity index (χ2n) is 25.9. The molecule has 0 fully saturated rings. The molecular formula is C84H66F2N2O. The molecule has 0 amide bonds. The Hall–Kier alpha value is -10.4. The Morgan fingerprint density at radius 3 is 1.28 bits per heavy atom. The topological polar surface area (TPSA) is 19.6 Å². The summed E-state index contributed by atoms with van der Waals surface area (Å²) in [5.74, 6) is -0.621. The van der Waals surface area contributed by atoms with Gasteiger partial charge in [-0.1, -0.05) is 224 Å². The maximum absolute atomic E-state index is 17.2. The van der Waals surface area contributed by atoms with Gasteiger partial charge in [0.15, 0.2) is 0 Å². The van der Waals surface area contributed by atoms with Gasteiger partial charge >= 0.3 is 0 Å². The molecule has 13 aromatic carbocycles. The van der Waals surface area contributed by atoms with E-state index < -0.39 is 0 Å². The lowest BCUT2D eigenvalue weighted by Crippen LogP contribution is -2.15. The van der Waals surface area contributed by atoms with E-state index in [1.54, 1.807) is 12.1 Å². The number of rotatable bonds is 8. The van der Waals surface area contributed by atoms with Crippen LogP contribution in [0.3, 0.4) is 0 Å². The van der Waals surface area contributed by atoms with Gasteiger partial charge in [-0.15, -0.1) is 0 Å². The number of nitrogens with zero attached hydrogens (tertiary/aromatic N) is 2. The average Bonchev–Trinajstić information content (AvgIpc) is 1.91. The van der Waals surface area contributed by atoms with Crippen LogP contribution in [0.4, 0.5) is 42.9 Å². The zero-order chi connectivity index (χ0) is 60.7. The molecule has 1 aromatic heterocycles. The lowest BCUT2D eigenvalue weighted by atomic mass is 9.80. The minimum absolute atomic E-state index is 0.0829. The summed E-state index contributed by atoms with van der Waals surface area (Å²) in [6, 6.07) is 92.4. The van der Waals surface area contributed by atoms with Gasteiger partial charge in [-0.05, 0) is 191 Å². The average molecular weight is 1160 g/mol. The van der Waals surface area contributed by atoms with Crippen LogP contribution in [0.5, 0.6) is 0 Å². The highest BCUT2D eigenvalue weighted by atomic mass is 19.1. The van der Waals surface area contributed by atoms with Crippen molar-refractivity contribution in [3.8, 4) is 44.5 Å². The van der Waals surface area contributed by atoms with Crippen LogP contribution in [-0.4, -0.2) is 0 Å². The van der Waals surface area contributed by atoms with Crippen LogP contribution in [0, 0.1) is 11.6 Å². The molecule has 0 aliphatic heterocycles. The summed E-state index contributed by atoms with van der Waals surface area (Å²) >= 11 is 0. The Bertz CT molecular complexity index is 5050. The van der Waals surface area contributed by atoms with Gasteiger partial charge in [-0.3, -0.25) is 0 Å². The summed E-state index contributed by atoms with van der Waals surface area (Å²) in [6.45, 7) is 13.4. The molecule has 3 nitrogen and oxygen atoms in total. The molecule has 0 saturated heterocycles. The van der Waals surface area contributed by atoms with Crippen LogP contribution in [0.2, 0.25) is 0 Å². The second kappa shape index (κ2) is 21.8. The minimum Gasteiger partial charge on any atom is -0.455 e. The molecule has 0 N–H and O–H groups in total. The molecule has 432 valence electrons. The molecule has 14 aromatic rings. The lowest BCUT2D eigenvalue weighted by Gasteiger charge is -2.30. The highest BCUT2D eigenvalue weighted by Gasteiger charge is 2.31. The molecule has 0 saturated carbocycles. The van der Waals surface area contributed by atoms with Crippen molar-refractivity contribution in [2.24, 2.45) is 0 Å². The van der Waals surface area contributed by atoms with Crippen molar-refractivity contribution in [1.29, 1.82) is 0 Å². The number of hydrogen-bond donors (Lipinski definition) is 0. The number of halogens is 2. The first kappa shape index (κ1) is 55.2. The summed E-state index contributed by atoms with van der Waals surface area (Å²) in [7, 11) is 0. The molecule has 0 atom stereocenters. The Balaban J connectivity index is 1.04. The maximum Gasteiger partial charge on any atom is 0.145 e. The van der Waals surface area contributed by atoms with E-state index in [1.165, 1.54) is 44.2 Å². The zero-order valence-electron chi connectivity index (χ0n) is 50.9. The van der Waals surface area contributed by atoms with E-state index >= 15 is 8.78 Å². The fourth-order valence-electron chi connectivity index (χ4n) is 13.7. The third-order valence-electron chi connectivity index (χ3n) is 18.2. The number of para-hydroxylation sites is 1. The molecule has 15 rings (SSSR count). The van der Waals surface area contributed by atoms with Crippen molar-refractivity contribution in [3.05, 3.63) is 312 Å². The van der Waals surface area contributed by atoms with Crippen molar-refractivity contribution < 1.29 is 13.2 Å². The van der Waals surface area contributed by atoms with Gasteiger partial charge in [0, 0.05) is 50.5 Å². The molecule has 5 heteroatoms. The fourth-order valence-corrected chi connectivity index (χ4v) is 13.7. The third-order valence-corrected chi connectivity index (χ3v) is 18.2. The zero-order valence-corrected chi connectivity index (χ0v) is 50.9. The molecule has 0 bridgehead atoms. The predicted octanol–water partition coefficient (Wildman–Crippen LogP) is 23.9. The van der Waals surface area contributed by atoms with Gasteiger partial charge < -0.3 is 14.2 Å². The van der Waals surface area contributed by atoms with E-state index in [0.717, 1.165) is 88.8 Å². The number of benzene rings is 13. The highest BCUT2D eigenvalue weighted by molar-refractivity contribution is 6.18. The van der Waals surface area contributed by atoms with Gasteiger partial charge in [-0.25, -0.2) is 8.78 Å². The number of fused-ring (bicyclic) bond motifs is 14. The van der Waals surface area contributed by atoms with Gasteiger partial charge in [-0.2, -0.15) is 0 Å². The molecular weight excluding hydrogens is 1090 g/mol. The van der Waals surface area contributed by atoms with Gasteiger partial charge in [0.2, 0.25) is 0 Å². The predicted molar refractivity (Wildman–Crippen MR) is 369 cm³/mol. The molecule has 1 aliphatic carbocycles. The Kier molecular flexibility index (Phi) is 13.5. The van der Waals surface area contributed by atoms with E-state index in [-0.39, 0.29) is 22.5 Å². The first-order valence-electron chi connectivity index (χ1n) is 30.9. The maximum atomic E-state index is 17.2. The Morgan fingerprint density at radius 2 is 0.764 bits per heavy atom. The van der Waals surface area contributed by atoms with Crippen molar-refractivity contribution >= 4 is 77.6 Å². The van der Waals surface area contributed by atoms with E-state index in [1.807, 2.05) is 91.0 Å². The summed E-state index contributed by atoms with van der Waals surface area (Å²) in [4.78, 5) is 4.42. The molecule has 89 heavy (non-hydrogen) atoms. The smallest absolute Gasteiger partial charge is 0.145 e. The molecule has 0 unspecified atom stereocenters. The first-order chi connectivity index (χ1) is 43.2. The van der Waals surface area contributed by atoms with Crippen LogP contribution < -0.4 is 9.80 Å². The lowest BCUT2D eigenvalue weighted by molar-refractivity contribution is 0.590. The highest BCUT2D eigenvalue weighted by Crippen LogP contribution is 2.52. The van der Waals surface area contributed by atoms with Gasteiger partial charge in [0.05, 0.1) is 11.1 Å². The molecule has 1 heterocycles. The van der Waals surface area contributed by atoms with Crippen LogP contribution in [0.1, 0.15) is 74.9 Å². The van der Waals surface area contributed by atoms with Gasteiger partial charge in [0.25, 0.3) is 0 Å². The van der Waals surface area contributed by atoms with Crippen molar-refractivity contribution in [1.82, 2.24) is 0 Å². The van der Waals surface area contributed by atoms with Gasteiger partial charge in [0.1, 0.15) is 22.8 Å². The van der Waals surface area contributed by atoms with Crippen molar-refractivity contribution in [2.45, 2.75) is 65.2 Å². The standard InChI is InChI=1S/C84H66F2N2O/c1-83(2,3)61-33-37-63(38-34-61)87(66-41-44-68(74(85)51-66)53-19-9-7-10-20-53)65-43-46-72-59(49-65)47-57-31-29-55-23-13-15-25-70(55)78(57)79-58(32-30-56-24-14-16-26-71(56)79)48-60-50-76(81-73-27-17-18-28-77(73)89-82(81)80(60)72)88(64-39-35-62(36-40-64)84(4,5)6)67-42-45-69(75(86)52-67)54-21-11-8-12-22-54/h7-46,49-52H,47-48H2,1-6H3. The molecule has 1 aliphatic rings. The number of furan rings is 1. The summed E-state index contributed by atoms with van der Waals surface area (Å²) in [5, 5.41) is 6.52. The summed E-state index contributed by atoms with van der Waals surface area (Å²) in [5.41, 5.74) is 20.2. The normalized spacial score (nSPS) is 12.4. The van der Waals surface area contributed by atoms with Crippen LogP contribution in [0.15, 0.2) is 271 Å². The van der Waals surface area contributed by atoms with Crippen molar-refractivity contribution in [2.75, 3.05) is 9.80 Å². The van der Waals surface area contributed by atoms with E-state index in [4.69, 9.17) is 4.42 Å². The van der Waals surface area contributed by atoms with Crippen LogP contribution in [-0.2, 0) is 23.7 Å². The number of anilines is 6. The largest absolute Gasteiger partial charge is 0.455 e. The minimum atomic E-state index is -0.317. The van der Waals surface area contributed by atoms with E-state index in [0.29, 0.717) is 35.3 Å². The molecule has 0 radical (unpaired) electrons. The van der Waals surface area contributed by atoms with E-state index in [9.17, 15) is 0 Å². The second-order valence-corrected chi connectivity index (χ2v) is 25.9. The van der Waals surface area contributed by atoms with Crippen molar-refractivity contribution in [3.63, 3.8) is 0 Å². The van der Waals surface area contributed by atoms with Crippen LogP contribution >= 0.6 is 0 Å². The third kappa shape index (κ3) is 9.92. The Morgan fingerprint density at radius 1 is 0.337 bits per heavy atom.